The van der Waals surface area contributed by atoms with Gasteiger partial charge in [-0.2, -0.15) is 0 Å². The predicted octanol–water partition coefficient (Wildman–Crippen LogP) is 0.232. The number of likely N-dealkylation sites (tertiary alicyclic amines) is 1. The standard InChI is InChI=1S/C11H23N3/c1-13(2)6-3-7-14-8-10-4-5-12-11(10)9-14/h10-12H,3-9H2,1-2H3/t10-,11+/m0/s1. The third-order valence-corrected chi connectivity index (χ3v) is 3.52. The van der Waals surface area contributed by atoms with Crippen LogP contribution in [-0.4, -0.2) is 62.7 Å². The molecule has 0 spiro atoms. The molecule has 2 saturated heterocycles. The lowest BCUT2D eigenvalue weighted by molar-refractivity contribution is 0.286. The summed E-state index contributed by atoms with van der Waals surface area (Å²) in [6.07, 6.45) is 2.71. The van der Waals surface area contributed by atoms with Crippen molar-refractivity contribution in [3.05, 3.63) is 0 Å². The molecule has 0 aromatic heterocycles. The first-order valence-electron chi connectivity index (χ1n) is 5.86. The summed E-state index contributed by atoms with van der Waals surface area (Å²) in [7, 11) is 4.31. The van der Waals surface area contributed by atoms with Gasteiger partial charge in [-0.15, -0.1) is 0 Å². The fourth-order valence-electron chi connectivity index (χ4n) is 2.73. The van der Waals surface area contributed by atoms with E-state index in [0.29, 0.717) is 0 Å². The predicted molar refractivity (Wildman–Crippen MR) is 59.5 cm³/mol. The molecule has 0 bridgehead atoms. The van der Waals surface area contributed by atoms with E-state index < -0.39 is 0 Å². The van der Waals surface area contributed by atoms with Gasteiger partial charge in [0, 0.05) is 19.1 Å². The zero-order chi connectivity index (χ0) is 9.97. The van der Waals surface area contributed by atoms with Gasteiger partial charge in [-0.3, -0.25) is 0 Å². The molecule has 14 heavy (non-hydrogen) atoms. The van der Waals surface area contributed by atoms with E-state index in [2.05, 4.69) is 29.2 Å². The maximum atomic E-state index is 3.60. The van der Waals surface area contributed by atoms with E-state index in [0.717, 1.165) is 12.0 Å². The van der Waals surface area contributed by atoms with Gasteiger partial charge in [0.15, 0.2) is 0 Å². The summed E-state index contributed by atoms with van der Waals surface area (Å²) in [6, 6.07) is 0.814. The minimum atomic E-state index is 0.814. The van der Waals surface area contributed by atoms with Crippen LogP contribution < -0.4 is 5.32 Å². The fraction of sp³-hybridized carbons (Fsp3) is 1.00. The number of hydrogen-bond donors (Lipinski definition) is 1. The average molecular weight is 197 g/mol. The van der Waals surface area contributed by atoms with Gasteiger partial charge in [-0.05, 0) is 52.5 Å². The lowest BCUT2D eigenvalue weighted by Crippen LogP contribution is -2.31. The van der Waals surface area contributed by atoms with Gasteiger partial charge in [0.1, 0.15) is 0 Å². The molecule has 0 saturated carbocycles. The third-order valence-electron chi connectivity index (χ3n) is 3.52. The zero-order valence-electron chi connectivity index (χ0n) is 9.50. The highest BCUT2D eigenvalue weighted by Crippen LogP contribution is 2.24. The van der Waals surface area contributed by atoms with Crippen LogP contribution in [0, 0.1) is 5.92 Å². The summed E-state index contributed by atoms with van der Waals surface area (Å²) in [5.74, 6) is 0.953. The Hall–Kier alpha value is -0.120. The van der Waals surface area contributed by atoms with E-state index in [1.807, 2.05) is 0 Å². The number of nitrogens with zero attached hydrogens (tertiary/aromatic N) is 2. The van der Waals surface area contributed by atoms with Crippen molar-refractivity contribution >= 4 is 0 Å². The summed E-state index contributed by atoms with van der Waals surface area (Å²) in [4.78, 5) is 4.90. The molecule has 0 aromatic rings. The van der Waals surface area contributed by atoms with E-state index in [9.17, 15) is 0 Å². The van der Waals surface area contributed by atoms with Crippen molar-refractivity contribution in [2.75, 3.05) is 46.8 Å². The van der Waals surface area contributed by atoms with Crippen LogP contribution in [0.2, 0.25) is 0 Å². The van der Waals surface area contributed by atoms with Crippen LogP contribution in [0.4, 0.5) is 0 Å². The fourth-order valence-corrected chi connectivity index (χ4v) is 2.73. The zero-order valence-corrected chi connectivity index (χ0v) is 9.50. The smallest absolute Gasteiger partial charge is 0.0235 e. The topological polar surface area (TPSA) is 18.5 Å². The molecule has 3 heteroatoms. The molecule has 0 aromatic carbocycles. The third kappa shape index (κ3) is 2.47. The Morgan fingerprint density at radius 1 is 1.36 bits per heavy atom. The van der Waals surface area contributed by atoms with Crippen molar-refractivity contribution in [3.63, 3.8) is 0 Å². The average Bonchev–Trinajstić information content (AvgIpc) is 2.62. The molecule has 0 aliphatic carbocycles. The molecule has 2 atom stereocenters. The second-order valence-electron chi connectivity index (χ2n) is 5.03. The minimum Gasteiger partial charge on any atom is -0.312 e. The molecule has 82 valence electrons. The van der Waals surface area contributed by atoms with E-state index in [4.69, 9.17) is 0 Å². The Morgan fingerprint density at radius 3 is 2.93 bits per heavy atom. The van der Waals surface area contributed by atoms with Gasteiger partial charge in [0.2, 0.25) is 0 Å². The van der Waals surface area contributed by atoms with Gasteiger partial charge in [-0.25, -0.2) is 0 Å². The van der Waals surface area contributed by atoms with Crippen LogP contribution in [-0.2, 0) is 0 Å². The summed E-state index contributed by atoms with van der Waals surface area (Å²) < 4.78 is 0. The number of hydrogen-bond acceptors (Lipinski definition) is 3. The molecule has 2 aliphatic heterocycles. The van der Waals surface area contributed by atoms with Crippen LogP contribution in [0.15, 0.2) is 0 Å². The molecule has 2 heterocycles. The van der Waals surface area contributed by atoms with Gasteiger partial charge in [-0.1, -0.05) is 0 Å². The lowest BCUT2D eigenvalue weighted by Gasteiger charge is -2.18. The Balaban J connectivity index is 1.64. The molecule has 0 unspecified atom stereocenters. The van der Waals surface area contributed by atoms with E-state index >= 15 is 0 Å². The lowest BCUT2D eigenvalue weighted by atomic mass is 10.1. The summed E-state index contributed by atoms with van der Waals surface area (Å²) in [6.45, 7) is 6.39. The Kier molecular flexibility index (Phi) is 3.42. The highest BCUT2D eigenvalue weighted by atomic mass is 15.2. The van der Waals surface area contributed by atoms with Crippen molar-refractivity contribution in [3.8, 4) is 0 Å². The minimum absolute atomic E-state index is 0.814. The van der Waals surface area contributed by atoms with Gasteiger partial charge in [0.05, 0.1) is 0 Å². The molecular weight excluding hydrogens is 174 g/mol. The van der Waals surface area contributed by atoms with Gasteiger partial charge >= 0.3 is 0 Å². The molecule has 3 nitrogen and oxygen atoms in total. The summed E-state index contributed by atoms with van der Waals surface area (Å²) in [5, 5.41) is 3.60. The SMILES string of the molecule is CN(C)CCCN1C[C@@H]2CCN[C@@H]2C1. The first-order valence-corrected chi connectivity index (χ1v) is 5.86. The van der Waals surface area contributed by atoms with E-state index in [1.165, 1.54) is 45.6 Å². The quantitative estimate of drug-likeness (QED) is 0.696. The summed E-state index contributed by atoms with van der Waals surface area (Å²) >= 11 is 0. The first kappa shape index (κ1) is 10.4. The molecular formula is C11H23N3. The Labute approximate surface area is 87.4 Å². The maximum Gasteiger partial charge on any atom is 0.0235 e. The second kappa shape index (κ2) is 4.60. The van der Waals surface area contributed by atoms with Crippen LogP contribution >= 0.6 is 0 Å². The van der Waals surface area contributed by atoms with Gasteiger partial charge in [0.25, 0.3) is 0 Å². The largest absolute Gasteiger partial charge is 0.312 e. The normalized spacial score (nSPS) is 32.8. The van der Waals surface area contributed by atoms with Crippen LogP contribution in [0.1, 0.15) is 12.8 Å². The van der Waals surface area contributed by atoms with Crippen molar-refractivity contribution in [2.24, 2.45) is 5.92 Å². The highest BCUT2D eigenvalue weighted by Gasteiger charge is 2.35. The van der Waals surface area contributed by atoms with Crippen LogP contribution in [0.5, 0.6) is 0 Å². The van der Waals surface area contributed by atoms with Crippen LogP contribution in [0.3, 0.4) is 0 Å². The van der Waals surface area contributed by atoms with Crippen LogP contribution in [0.25, 0.3) is 0 Å². The van der Waals surface area contributed by atoms with E-state index in [-0.39, 0.29) is 0 Å². The summed E-state index contributed by atoms with van der Waals surface area (Å²) in [5.41, 5.74) is 0. The molecule has 1 N–H and O–H groups in total. The number of nitrogens with one attached hydrogen (secondary N) is 1. The highest BCUT2D eigenvalue weighted by molar-refractivity contribution is 4.93. The van der Waals surface area contributed by atoms with Crippen molar-refractivity contribution < 1.29 is 0 Å². The Bertz CT molecular complexity index is 169. The molecule has 0 radical (unpaired) electrons. The van der Waals surface area contributed by atoms with Crippen molar-refractivity contribution in [2.45, 2.75) is 18.9 Å². The van der Waals surface area contributed by atoms with Crippen molar-refractivity contribution in [1.29, 1.82) is 0 Å². The number of rotatable bonds is 4. The van der Waals surface area contributed by atoms with E-state index in [1.54, 1.807) is 0 Å². The monoisotopic (exact) mass is 197 g/mol. The maximum absolute atomic E-state index is 3.60. The molecule has 2 aliphatic rings. The number of fused-ring (bicyclic) bond motifs is 1. The second-order valence-corrected chi connectivity index (χ2v) is 5.03. The first-order chi connectivity index (χ1) is 6.75. The van der Waals surface area contributed by atoms with Crippen molar-refractivity contribution in [1.82, 2.24) is 15.1 Å². The Morgan fingerprint density at radius 2 is 2.21 bits per heavy atom. The van der Waals surface area contributed by atoms with Gasteiger partial charge < -0.3 is 15.1 Å². The molecule has 2 rings (SSSR count). The molecule has 2 fully saturated rings. The molecule has 0 amide bonds.